The lowest BCUT2D eigenvalue weighted by molar-refractivity contribution is -0.696. The van der Waals surface area contributed by atoms with Crippen LogP contribution in [0, 0.1) is 0 Å². The van der Waals surface area contributed by atoms with Crippen LogP contribution in [0.3, 0.4) is 0 Å². The molecule has 0 unspecified atom stereocenters. The summed E-state index contributed by atoms with van der Waals surface area (Å²) in [5, 5.41) is 0. The maximum absolute atomic E-state index is 11.4. The van der Waals surface area contributed by atoms with Gasteiger partial charge in [-0.05, 0) is 11.1 Å². The van der Waals surface area contributed by atoms with Crippen LogP contribution in [0.1, 0.15) is 5.56 Å². The average molecular weight is 453 g/mol. The molecule has 0 saturated heterocycles. The predicted molar refractivity (Wildman–Crippen MR) is 85.4 cm³/mol. The second-order valence-electron chi connectivity index (χ2n) is 5.30. The molecule has 3 aromatic rings. The van der Waals surface area contributed by atoms with Crippen molar-refractivity contribution in [3.8, 4) is 11.1 Å². The lowest BCUT2D eigenvalue weighted by Gasteiger charge is -2.02. The minimum absolute atomic E-state index is 0. The molecule has 0 fully saturated rings. The molecule has 2 aromatic heterocycles. The molecular weight excluding hydrogens is 434 g/mol. The number of benzene rings is 1. The zero-order valence-electron chi connectivity index (χ0n) is 13.1. The van der Waals surface area contributed by atoms with Gasteiger partial charge in [-0.2, -0.15) is 0 Å². The molecule has 0 aliphatic carbocycles. The van der Waals surface area contributed by atoms with Crippen LogP contribution >= 0.6 is 0 Å². The molecule has 6 heteroatoms. The van der Waals surface area contributed by atoms with Crippen molar-refractivity contribution in [3.63, 3.8) is 0 Å². The maximum atomic E-state index is 11.4. The van der Waals surface area contributed by atoms with Gasteiger partial charge >= 0.3 is 5.56 Å². The Labute approximate surface area is 161 Å². The SMILES string of the molecule is [Br-].[Br-].[NH3+]c1cc(-c2cc[n+](CCc3ccccc3)cc2)c[nH]c1=O. The van der Waals surface area contributed by atoms with Crippen LogP contribution in [-0.4, -0.2) is 4.98 Å². The van der Waals surface area contributed by atoms with Crippen LogP contribution in [0.2, 0.25) is 0 Å². The van der Waals surface area contributed by atoms with E-state index in [1.807, 2.05) is 12.1 Å². The highest BCUT2D eigenvalue weighted by atomic mass is 79.9. The number of nitrogens with zero attached hydrogens (tertiary/aromatic N) is 1. The van der Waals surface area contributed by atoms with Gasteiger partial charge in [-0.1, -0.05) is 30.3 Å². The van der Waals surface area contributed by atoms with Gasteiger partial charge in [0.1, 0.15) is 0 Å². The van der Waals surface area contributed by atoms with E-state index in [0.717, 1.165) is 24.1 Å². The number of rotatable bonds is 4. The summed E-state index contributed by atoms with van der Waals surface area (Å²) in [6, 6.07) is 16.4. The highest BCUT2D eigenvalue weighted by molar-refractivity contribution is 5.63. The summed E-state index contributed by atoms with van der Waals surface area (Å²) in [5.74, 6) is 0. The molecule has 0 amide bonds. The van der Waals surface area contributed by atoms with Crippen molar-refractivity contribution in [1.29, 1.82) is 0 Å². The van der Waals surface area contributed by atoms with Gasteiger partial charge in [-0.25, -0.2) is 4.57 Å². The quantitative estimate of drug-likeness (QED) is 0.385. The van der Waals surface area contributed by atoms with Crippen molar-refractivity contribution < 1.29 is 44.3 Å². The Hall–Kier alpha value is -1.76. The zero-order valence-corrected chi connectivity index (χ0v) is 16.3. The van der Waals surface area contributed by atoms with Crippen molar-refractivity contribution in [2.45, 2.75) is 13.0 Å². The van der Waals surface area contributed by atoms with Gasteiger partial charge in [0.2, 0.25) is 0 Å². The second kappa shape index (κ2) is 9.52. The van der Waals surface area contributed by atoms with E-state index in [2.05, 4.69) is 64.1 Å². The lowest BCUT2D eigenvalue weighted by atomic mass is 10.1. The van der Waals surface area contributed by atoms with Crippen LogP contribution in [0.4, 0.5) is 5.69 Å². The fourth-order valence-corrected chi connectivity index (χ4v) is 2.40. The molecule has 0 atom stereocenters. The van der Waals surface area contributed by atoms with Gasteiger partial charge in [0.15, 0.2) is 24.6 Å². The number of H-pyrrole nitrogens is 1. The number of hydrogen-bond donors (Lipinski definition) is 2. The van der Waals surface area contributed by atoms with Gasteiger partial charge in [-0.3, -0.25) is 4.79 Å². The molecule has 0 spiro atoms. The van der Waals surface area contributed by atoms with Crippen LogP contribution in [0.15, 0.2) is 71.9 Å². The number of pyridine rings is 2. The first kappa shape index (κ1) is 20.3. The Morgan fingerprint density at radius 1 is 0.958 bits per heavy atom. The molecule has 0 bridgehead atoms. The molecule has 4 nitrogen and oxygen atoms in total. The van der Waals surface area contributed by atoms with E-state index < -0.39 is 0 Å². The number of quaternary nitrogens is 1. The minimum Gasteiger partial charge on any atom is -1.00 e. The fourth-order valence-electron chi connectivity index (χ4n) is 2.40. The Morgan fingerprint density at radius 2 is 1.62 bits per heavy atom. The van der Waals surface area contributed by atoms with Crippen molar-refractivity contribution in [2.24, 2.45) is 0 Å². The molecule has 4 N–H and O–H groups in total. The van der Waals surface area contributed by atoms with E-state index in [1.165, 1.54) is 5.56 Å². The topological polar surface area (TPSA) is 64.4 Å². The summed E-state index contributed by atoms with van der Waals surface area (Å²) in [6.07, 6.45) is 6.85. The molecule has 0 saturated carbocycles. The average Bonchev–Trinajstić information content (AvgIpc) is 2.57. The van der Waals surface area contributed by atoms with Crippen LogP contribution < -0.4 is 49.8 Å². The Balaban J connectivity index is 0.00000144. The van der Waals surface area contributed by atoms with E-state index in [9.17, 15) is 4.79 Å². The summed E-state index contributed by atoms with van der Waals surface area (Å²) in [4.78, 5) is 14.1. The van der Waals surface area contributed by atoms with E-state index in [-0.39, 0.29) is 39.5 Å². The van der Waals surface area contributed by atoms with Crippen LogP contribution in [-0.2, 0) is 13.0 Å². The number of halogens is 2. The molecule has 0 radical (unpaired) electrons. The maximum Gasteiger partial charge on any atom is 0.309 e. The smallest absolute Gasteiger partial charge is 0.309 e. The number of aromatic nitrogens is 2. The largest absolute Gasteiger partial charge is 1.00 e. The number of aromatic amines is 1. The molecule has 126 valence electrons. The van der Waals surface area contributed by atoms with Crippen molar-refractivity contribution in [3.05, 3.63) is 83.0 Å². The third kappa shape index (κ3) is 5.12. The van der Waals surface area contributed by atoms with Gasteiger partial charge in [-0.15, -0.1) is 0 Å². The summed E-state index contributed by atoms with van der Waals surface area (Å²) in [7, 11) is 0. The monoisotopic (exact) mass is 451 g/mol. The third-order valence-electron chi connectivity index (χ3n) is 3.71. The molecule has 1 aromatic carbocycles. The fraction of sp³-hybridized carbons (Fsp3) is 0.111. The van der Waals surface area contributed by atoms with E-state index in [0.29, 0.717) is 5.69 Å². The third-order valence-corrected chi connectivity index (χ3v) is 3.71. The predicted octanol–water partition coefficient (Wildman–Crippen LogP) is -4.55. The first-order chi connectivity index (χ1) is 10.7. The van der Waals surface area contributed by atoms with Crippen LogP contribution in [0.25, 0.3) is 11.1 Å². The number of hydrogen-bond acceptors (Lipinski definition) is 1. The van der Waals surface area contributed by atoms with E-state index in [1.54, 1.807) is 6.20 Å². The van der Waals surface area contributed by atoms with Gasteiger partial charge in [0, 0.05) is 36.4 Å². The molecule has 0 aliphatic heterocycles. The van der Waals surface area contributed by atoms with Crippen molar-refractivity contribution >= 4 is 5.69 Å². The Morgan fingerprint density at radius 3 is 2.25 bits per heavy atom. The summed E-state index contributed by atoms with van der Waals surface area (Å²) in [5.41, 5.74) is 7.45. The summed E-state index contributed by atoms with van der Waals surface area (Å²) < 4.78 is 2.16. The highest BCUT2D eigenvalue weighted by Gasteiger charge is 2.06. The molecular formula is C18H19Br2N3O. The number of aryl methyl sites for hydroxylation is 2. The summed E-state index contributed by atoms with van der Waals surface area (Å²) in [6.45, 7) is 0.941. The highest BCUT2D eigenvalue weighted by Crippen LogP contribution is 2.16. The van der Waals surface area contributed by atoms with Gasteiger partial charge < -0.3 is 44.7 Å². The van der Waals surface area contributed by atoms with Crippen LogP contribution in [0.5, 0.6) is 0 Å². The van der Waals surface area contributed by atoms with E-state index in [4.69, 9.17) is 0 Å². The minimum atomic E-state index is -0.141. The van der Waals surface area contributed by atoms with Gasteiger partial charge in [0.05, 0.1) is 0 Å². The molecule has 2 heterocycles. The lowest BCUT2D eigenvalue weighted by Crippen LogP contribution is -3.00. The number of nitrogens with one attached hydrogen (secondary N) is 1. The Kier molecular flexibility index (Phi) is 8.04. The van der Waals surface area contributed by atoms with E-state index >= 15 is 0 Å². The molecule has 24 heavy (non-hydrogen) atoms. The Bertz CT molecular complexity index is 818. The normalized spacial score (nSPS) is 9.71. The second-order valence-corrected chi connectivity index (χ2v) is 5.30. The molecule has 0 aliphatic rings. The zero-order chi connectivity index (χ0) is 15.4. The molecule has 3 rings (SSSR count). The first-order valence-corrected chi connectivity index (χ1v) is 7.30. The standard InChI is InChI=1S/C18H17N3O.2BrH/c19-17-12-16(13-20-18(17)22)15-7-10-21(11-8-15)9-6-14-4-2-1-3-5-14;;/h1-5,7-8,10-13H,6,9,19H2;2*1H. The van der Waals surface area contributed by atoms with Crippen molar-refractivity contribution in [1.82, 2.24) is 4.98 Å². The van der Waals surface area contributed by atoms with Gasteiger partial charge in [0.25, 0.3) is 0 Å². The van der Waals surface area contributed by atoms with Crippen molar-refractivity contribution in [2.75, 3.05) is 0 Å². The first-order valence-electron chi connectivity index (χ1n) is 7.30. The summed E-state index contributed by atoms with van der Waals surface area (Å²) >= 11 is 0.